The van der Waals surface area contributed by atoms with Gasteiger partial charge in [-0.1, -0.05) is 18.6 Å². The van der Waals surface area contributed by atoms with Gasteiger partial charge in [0.25, 0.3) is 0 Å². The van der Waals surface area contributed by atoms with Gasteiger partial charge >= 0.3 is 0 Å². The zero-order valence-electron chi connectivity index (χ0n) is 9.45. The first-order chi connectivity index (χ1) is 7.75. The topological polar surface area (TPSA) is 38.0 Å². The van der Waals surface area contributed by atoms with Crippen molar-refractivity contribution in [1.82, 2.24) is 0 Å². The molecule has 2 rings (SSSR count). The van der Waals surface area contributed by atoms with Crippen molar-refractivity contribution < 1.29 is 4.39 Å². The first kappa shape index (κ1) is 11.4. The monoisotopic (exact) mass is 222 g/mol. The number of rotatable bonds is 3. The lowest BCUT2D eigenvalue weighted by atomic mass is 9.86. The van der Waals surface area contributed by atoms with Crippen molar-refractivity contribution in [1.29, 1.82) is 0 Å². The third-order valence-electron chi connectivity index (χ3n) is 3.28. The van der Waals surface area contributed by atoms with E-state index in [1.165, 1.54) is 18.9 Å². The predicted octanol–water partition coefficient (Wildman–Crippen LogP) is 2.76. The van der Waals surface area contributed by atoms with Crippen LogP contribution in [-0.2, 0) is 0 Å². The van der Waals surface area contributed by atoms with Crippen LogP contribution in [0.1, 0.15) is 25.7 Å². The molecule has 1 aromatic carbocycles. The van der Waals surface area contributed by atoms with E-state index < -0.39 is 0 Å². The van der Waals surface area contributed by atoms with Crippen molar-refractivity contribution in [2.24, 2.45) is 11.7 Å². The van der Waals surface area contributed by atoms with Gasteiger partial charge in [0.1, 0.15) is 5.82 Å². The van der Waals surface area contributed by atoms with Crippen molar-refractivity contribution in [3.8, 4) is 0 Å². The Hall–Kier alpha value is -1.09. The van der Waals surface area contributed by atoms with Crippen LogP contribution in [0, 0.1) is 11.7 Å². The molecule has 0 aromatic heterocycles. The molecule has 0 bridgehead atoms. The number of anilines is 1. The van der Waals surface area contributed by atoms with E-state index in [-0.39, 0.29) is 5.82 Å². The lowest BCUT2D eigenvalue weighted by Gasteiger charge is -2.27. The summed E-state index contributed by atoms with van der Waals surface area (Å²) >= 11 is 0. The van der Waals surface area contributed by atoms with Crippen molar-refractivity contribution in [2.45, 2.75) is 31.7 Å². The maximum Gasteiger partial charge on any atom is 0.146 e. The van der Waals surface area contributed by atoms with E-state index in [1.54, 1.807) is 12.1 Å². The number of hydrogen-bond acceptors (Lipinski definition) is 2. The van der Waals surface area contributed by atoms with Crippen LogP contribution in [0.4, 0.5) is 10.1 Å². The molecule has 1 aliphatic rings. The minimum atomic E-state index is -0.178. The molecule has 0 aliphatic heterocycles. The highest BCUT2D eigenvalue weighted by Crippen LogP contribution is 2.24. The highest BCUT2D eigenvalue weighted by molar-refractivity contribution is 5.44. The molecule has 2 atom stereocenters. The van der Waals surface area contributed by atoms with Crippen LogP contribution < -0.4 is 11.1 Å². The van der Waals surface area contributed by atoms with E-state index in [0.717, 1.165) is 19.4 Å². The largest absolute Gasteiger partial charge is 0.382 e. The highest BCUT2D eigenvalue weighted by atomic mass is 19.1. The summed E-state index contributed by atoms with van der Waals surface area (Å²) in [6.45, 7) is 0.828. The second kappa shape index (κ2) is 5.30. The number of nitrogens with one attached hydrogen (secondary N) is 1. The molecule has 1 saturated carbocycles. The summed E-state index contributed by atoms with van der Waals surface area (Å²) in [5.41, 5.74) is 6.52. The maximum absolute atomic E-state index is 13.3. The van der Waals surface area contributed by atoms with Gasteiger partial charge in [-0.15, -0.1) is 0 Å². The lowest BCUT2D eigenvalue weighted by Crippen LogP contribution is -2.31. The van der Waals surface area contributed by atoms with Gasteiger partial charge in [0.2, 0.25) is 0 Å². The van der Waals surface area contributed by atoms with Crippen molar-refractivity contribution in [2.75, 3.05) is 11.9 Å². The van der Waals surface area contributed by atoms with Gasteiger partial charge in [-0.3, -0.25) is 0 Å². The fourth-order valence-electron chi connectivity index (χ4n) is 2.38. The van der Waals surface area contributed by atoms with E-state index >= 15 is 0 Å². The number of nitrogens with two attached hydrogens (primary N) is 1. The minimum absolute atomic E-state index is 0.178. The van der Waals surface area contributed by atoms with Crippen molar-refractivity contribution >= 4 is 5.69 Å². The Kier molecular flexibility index (Phi) is 3.78. The van der Waals surface area contributed by atoms with E-state index in [2.05, 4.69) is 5.32 Å². The number of benzene rings is 1. The smallest absolute Gasteiger partial charge is 0.146 e. The highest BCUT2D eigenvalue weighted by Gasteiger charge is 2.18. The fourth-order valence-corrected chi connectivity index (χ4v) is 2.38. The van der Waals surface area contributed by atoms with Crippen LogP contribution in [0.2, 0.25) is 0 Å². The average Bonchev–Trinajstić information content (AvgIpc) is 2.28. The van der Waals surface area contributed by atoms with Gasteiger partial charge in [0, 0.05) is 12.6 Å². The van der Waals surface area contributed by atoms with Crippen LogP contribution >= 0.6 is 0 Å². The SMILES string of the molecule is NC1CCCC(CNc2ccccc2F)C1. The Morgan fingerprint density at radius 3 is 2.88 bits per heavy atom. The molecule has 88 valence electrons. The quantitative estimate of drug-likeness (QED) is 0.825. The van der Waals surface area contributed by atoms with Crippen LogP contribution in [0.15, 0.2) is 24.3 Å². The van der Waals surface area contributed by atoms with Crippen LogP contribution in [-0.4, -0.2) is 12.6 Å². The first-order valence-electron chi connectivity index (χ1n) is 5.99. The fraction of sp³-hybridized carbons (Fsp3) is 0.538. The van der Waals surface area contributed by atoms with Crippen LogP contribution in [0.25, 0.3) is 0 Å². The molecule has 3 heteroatoms. The number of para-hydroxylation sites is 1. The molecule has 2 nitrogen and oxygen atoms in total. The molecular weight excluding hydrogens is 203 g/mol. The Bertz CT molecular complexity index is 340. The predicted molar refractivity (Wildman–Crippen MR) is 64.8 cm³/mol. The van der Waals surface area contributed by atoms with E-state index in [4.69, 9.17) is 5.73 Å². The summed E-state index contributed by atoms with van der Waals surface area (Å²) in [4.78, 5) is 0. The lowest BCUT2D eigenvalue weighted by molar-refractivity contribution is 0.334. The molecule has 3 N–H and O–H groups in total. The molecule has 1 aromatic rings. The Balaban J connectivity index is 1.85. The maximum atomic E-state index is 13.3. The number of hydrogen-bond donors (Lipinski definition) is 2. The van der Waals surface area contributed by atoms with Gasteiger partial charge in [0.05, 0.1) is 5.69 Å². The molecule has 0 amide bonds. The van der Waals surface area contributed by atoms with Crippen LogP contribution in [0.3, 0.4) is 0 Å². The van der Waals surface area contributed by atoms with Crippen molar-refractivity contribution in [3.05, 3.63) is 30.1 Å². The minimum Gasteiger partial charge on any atom is -0.382 e. The van der Waals surface area contributed by atoms with E-state index in [1.807, 2.05) is 6.07 Å². The average molecular weight is 222 g/mol. The van der Waals surface area contributed by atoms with Gasteiger partial charge in [-0.25, -0.2) is 4.39 Å². The summed E-state index contributed by atoms with van der Waals surface area (Å²) in [5.74, 6) is 0.408. The standard InChI is InChI=1S/C13H19FN2/c14-12-6-1-2-7-13(12)16-9-10-4-3-5-11(15)8-10/h1-2,6-7,10-11,16H,3-5,8-9,15H2. The third-order valence-corrected chi connectivity index (χ3v) is 3.28. The molecule has 2 unspecified atom stereocenters. The number of halogens is 1. The second-order valence-corrected chi connectivity index (χ2v) is 4.65. The summed E-state index contributed by atoms with van der Waals surface area (Å²) < 4.78 is 13.3. The van der Waals surface area contributed by atoms with Crippen molar-refractivity contribution in [3.63, 3.8) is 0 Å². The Morgan fingerprint density at radius 1 is 1.31 bits per heavy atom. The molecule has 16 heavy (non-hydrogen) atoms. The van der Waals surface area contributed by atoms with E-state index in [9.17, 15) is 4.39 Å². The van der Waals surface area contributed by atoms with E-state index in [0.29, 0.717) is 17.6 Å². The summed E-state index contributed by atoms with van der Waals surface area (Å²) in [5, 5.41) is 3.17. The first-order valence-corrected chi connectivity index (χ1v) is 5.99. The summed E-state index contributed by atoms with van der Waals surface area (Å²) in [6, 6.07) is 7.14. The third kappa shape index (κ3) is 2.95. The van der Waals surface area contributed by atoms with Crippen LogP contribution in [0.5, 0.6) is 0 Å². The molecule has 0 heterocycles. The zero-order valence-corrected chi connectivity index (χ0v) is 9.45. The molecule has 0 radical (unpaired) electrons. The zero-order chi connectivity index (χ0) is 11.4. The molecule has 1 fully saturated rings. The Labute approximate surface area is 96.0 Å². The van der Waals surface area contributed by atoms with Gasteiger partial charge in [-0.05, 0) is 37.3 Å². The van der Waals surface area contributed by atoms with Gasteiger partial charge < -0.3 is 11.1 Å². The molecule has 1 aliphatic carbocycles. The summed E-state index contributed by atoms with van der Waals surface area (Å²) in [6.07, 6.45) is 4.59. The van der Waals surface area contributed by atoms with Gasteiger partial charge in [0.15, 0.2) is 0 Å². The Morgan fingerprint density at radius 2 is 2.12 bits per heavy atom. The normalized spacial score (nSPS) is 25.4. The molecule has 0 saturated heterocycles. The summed E-state index contributed by atoms with van der Waals surface area (Å²) in [7, 11) is 0. The molecular formula is C13H19FN2. The second-order valence-electron chi connectivity index (χ2n) is 4.65. The van der Waals surface area contributed by atoms with Gasteiger partial charge in [-0.2, -0.15) is 0 Å². The molecule has 0 spiro atoms.